The van der Waals surface area contributed by atoms with Crippen LogP contribution in [0.4, 0.5) is 0 Å². The van der Waals surface area contributed by atoms with Crippen molar-refractivity contribution in [2.24, 2.45) is 0 Å². The first kappa shape index (κ1) is 9.54. The van der Waals surface area contributed by atoms with E-state index in [4.69, 9.17) is 5.11 Å². The number of carbonyl (C=O) groups is 1. The number of carboxylic acids is 1. The molecule has 1 saturated heterocycles. The molecule has 0 unspecified atom stereocenters. The monoisotopic (exact) mass is 213 g/mol. The standard InChI is InChI=1S/C8H11N3O2S/c12-8(13)7-11-10-6(14-7)5-1-3-9-4-2-5/h5,9H,1-4H2,(H,12,13). The van der Waals surface area contributed by atoms with Crippen molar-refractivity contribution in [3.8, 4) is 0 Å². The third-order valence-electron chi connectivity index (χ3n) is 2.31. The highest BCUT2D eigenvalue weighted by Crippen LogP contribution is 2.27. The van der Waals surface area contributed by atoms with Gasteiger partial charge in [0, 0.05) is 5.92 Å². The molecule has 0 spiro atoms. The number of piperidine rings is 1. The SMILES string of the molecule is O=C(O)c1nnc(C2CCNCC2)s1. The van der Waals surface area contributed by atoms with Gasteiger partial charge in [0.15, 0.2) is 0 Å². The van der Waals surface area contributed by atoms with Gasteiger partial charge >= 0.3 is 5.97 Å². The summed E-state index contributed by atoms with van der Waals surface area (Å²) >= 11 is 1.20. The summed E-state index contributed by atoms with van der Waals surface area (Å²) in [5.74, 6) is -0.593. The molecule has 76 valence electrons. The van der Waals surface area contributed by atoms with E-state index >= 15 is 0 Å². The minimum Gasteiger partial charge on any atom is -0.476 e. The highest BCUT2D eigenvalue weighted by molar-refractivity contribution is 7.13. The lowest BCUT2D eigenvalue weighted by Crippen LogP contribution is -2.26. The Hall–Kier alpha value is -1.01. The second-order valence-corrected chi connectivity index (χ2v) is 4.28. The number of rotatable bonds is 2. The van der Waals surface area contributed by atoms with E-state index < -0.39 is 5.97 Å². The number of aromatic carboxylic acids is 1. The molecule has 2 N–H and O–H groups in total. The minimum atomic E-state index is -0.984. The van der Waals surface area contributed by atoms with Crippen molar-refractivity contribution in [2.75, 3.05) is 13.1 Å². The third-order valence-corrected chi connectivity index (χ3v) is 3.39. The van der Waals surface area contributed by atoms with Crippen LogP contribution in [0.25, 0.3) is 0 Å². The maximum atomic E-state index is 10.6. The van der Waals surface area contributed by atoms with Crippen molar-refractivity contribution < 1.29 is 9.90 Å². The second-order valence-electron chi connectivity index (χ2n) is 3.27. The van der Waals surface area contributed by atoms with Gasteiger partial charge in [-0.1, -0.05) is 11.3 Å². The molecule has 1 fully saturated rings. The van der Waals surface area contributed by atoms with Crippen LogP contribution >= 0.6 is 11.3 Å². The molecule has 1 aliphatic rings. The van der Waals surface area contributed by atoms with Crippen LogP contribution in [-0.2, 0) is 0 Å². The molecule has 5 nitrogen and oxygen atoms in total. The summed E-state index contributed by atoms with van der Waals surface area (Å²) in [5.41, 5.74) is 0. The first-order chi connectivity index (χ1) is 6.77. The molecule has 0 saturated carbocycles. The van der Waals surface area contributed by atoms with E-state index in [-0.39, 0.29) is 5.01 Å². The van der Waals surface area contributed by atoms with E-state index in [1.54, 1.807) is 0 Å². The van der Waals surface area contributed by atoms with Crippen LogP contribution in [0.3, 0.4) is 0 Å². The lowest BCUT2D eigenvalue weighted by atomic mass is 9.99. The molecule has 0 radical (unpaired) electrons. The highest BCUT2D eigenvalue weighted by Gasteiger charge is 2.20. The van der Waals surface area contributed by atoms with E-state index in [0.717, 1.165) is 30.9 Å². The van der Waals surface area contributed by atoms with Gasteiger partial charge in [0.2, 0.25) is 5.01 Å². The summed E-state index contributed by atoms with van der Waals surface area (Å²) < 4.78 is 0. The molecular weight excluding hydrogens is 202 g/mol. The van der Waals surface area contributed by atoms with Crippen LogP contribution in [-0.4, -0.2) is 34.4 Å². The Bertz CT molecular complexity index is 333. The van der Waals surface area contributed by atoms with Crippen LogP contribution in [0.2, 0.25) is 0 Å². The molecular formula is C8H11N3O2S. The molecule has 0 aromatic carbocycles. The van der Waals surface area contributed by atoms with Gasteiger partial charge in [-0.2, -0.15) is 0 Å². The molecule has 0 atom stereocenters. The summed E-state index contributed by atoms with van der Waals surface area (Å²) in [7, 11) is 0. The summed E-state index contributed by atoms with van der Waals surface area (Å²) in [5, 5.41) is 20.5. The van der Waals surface area contributed by atoms with Crippen LogP contribution in [0.5, 0.6) is 0 Å². The second kappa shape index (κ2) is 4.02. The number of hydrogen-bond donors (Lipinski definition) is 2. The number of aromatic nitrogens is 2. The maximum Gasteiger partial charge on any atom is 0.367 e. The van der Waals surface area contributed by atoms with Gasteiger partial charge in [0.05, 0.1) is 0 Å². The zero-order valence-corrected chi connectivity index (χ0v) is 8.38. The molecule has 0 aliphatic carbocycles. The fourth-order valence-electron chi connectivity index (χ4n) is 1.55. The van der Waals surface area contributed by atoms with Crippen LogP contribution < -0.4 is 5.32 Å². The quantitative estimate of drug-likeness (QED) is 0.756. The van der Waals surface area contributed by atoms with Crippen molar-refractivity contribution in [1.82, 2.24) is 15.5 Å². The van der Waals surface area contributed by atoms with E-state index in [0.29, 0.717) is 5.92 Å². The maximum absolute atomic E-state index is 10.6. The van der Waals surface area contributed by atoms with Gasteiger partial charge in [-0.05, 0) is 25.9 Å². The highest BCUT2D eigenvalue weighted by atomic mass is 32.1. The minimum absolute atomic E-state index is 0.0959. The van der Waals surface area contributed by atoms with Gasteiger partial charge in [0.1, 0.15) is 5.01 Å². The summed E-state index contributed by atoms with van der Waals surface area (Å²) in [6, 6.07) is 0. The van der Waals surface area contributed by atoms with Crippen molar-refractivity contribution in [3.63, 3.8) is 0 Å². The zero-order valence-electron chi connectivity index (χ0n) is 7.56. The summed E-state index contributed by atoms with van der Waals surface area (Å²) in [6.45, 7) is 1.96. The van der Waals surface area contributed by atoms with Gasteiger partial charge < -0.3 is 10.4 Å². The Balaban J connectivity index is 2.11. The predicted octanol–water partition coefficient (Wildman–Crippen LogP) is 0.703. The van der Waals surface area contributed by atoms with Crippen molar-refractivity contribution in [1.29, 1.82) is 0 Å². The molecule has 2 heterocycles. The molecule has 14 heavy (non-hydrogen) atoms. The topological polar surface area (TPSA) is 75.1 Å². The predicted molar refractivity (Wildman–Crippen MR) is 51.7 cm³/mol. The smallest absolute Gasteiger partial charge is 0.367 e. The van der Waals surface area contributed by atoms with Crippen molar-refractivity contribution >= 4 is 17.3 Å². The van der Waals surface area contributed by atoms with E-state index in [9.17, 15) is 4.79 Å². The van der Waals surface area contributed by atoms with Gasteiger partial charge in [-0.15, -0.1) is 10.2 Å². The fourth-order valence-corrected chi connectivity index (χ4v) is 2.41. The summed E-state index contributed by atoms with van der Waals surface area (Å²) in [4.78, 5) is 10.6. The Morgan fingerprint density at radius 3 is 2.71 bits per heavy atom. The average Bonchev–Trinajstić information content (AvgIpc) is 2.68. The molecule has 1 aromatic rings. The normalized spacial score (nSPS) is 18.3. The van der Waals surface area contributed by atoms with Crippen LogP contribution in [0.1, 0.15) is 33.6 Å². The molecule has 0 amide bonds. The van der Waals surface area contributed by atoms with E-state index in [2.05, 4.69) is 15.5 Å². The first-order valence-electron chi connectivity index (χ1n) is 4.55. The number of nitrogens with zero attached hydrogens (tertiary/aromatic N) is 2. The lowest BCUT2D eigenvalue weighted by molar-refractivity contribution is 0.0695. The zero-order chi connectivity index (χ0) is 9.97. The lowest BCUT2D eigenvalue weighted by Gasteiger charge is -2.19. The number of hydrogen-bond acceptors (Lipinski definition) is 5. The molecule has 0 bridgehead atoms. The largest absolute Gasteiger partial charge is 0.476 e. The van der Waals surface area contributed by atoms with Crippen LogP contribution in [0.15, 0.2) is 0 Å². The Morgan fingerprint density at radius 1 is 1.43 bits per heavy atom. The van der Waals surface area contributed by atoms with Crippen molar-refractivity contribution in [3.05, 3.63) is 10.0 Å². The molecule has 2 rings (SSSR count). The fraction of sp³-hybridized carbons (Fsp3) is 0.625. The van der Waals surface area contributed by atoms with Gasteiger partial charge in [-0.25, -0.2) is 4.79 Å². The Labute approximate surface area is 85.2 Å². The molecule has 1 aliphatic heterocycles. The van der Waals surface area contributed by atoms with E-state index in [1.165, 1.54) is 11.3 Å². The Morgan fingerprint density at radius 2 is 2.14 bits per heavy atom. The first-order valence-corrected chi connectivity index (χ1v) is 5.36. The molecule has 6 heteroatoms. The summed E-state index contributed by atoms with van der Waals surface area (Å²) in [6.07, 6.45) is 2.04. The van der Waals surface area contributed by atoms with Gasteiger partial charge in [-0.3, -0.25) is 0 Å². The van der Waals surface area contributed by atoms with Crippen LogP contribution in [0, 0.1) is 0 Å². The number of nitrogens with one attached hydrogen (secondary N) is 1. The molecule has 1 aromatic heterocycles. The average molecular weight is 213 g/mol. The van der Waals surface area contributed by atoms with Crippen molar-refractivity contribution in [2.45, 2.75) is 18.8 Å². The van der Waals surface area contributed by atoms with E-state index in [1.807, 2.05) is 0 Å². The van der Waals surface area contributed by atoms with Gasteiger partial charge in [0.25, 0.3) is 0 Å². The Kier molecular flexibility index (Phi) is 2.74. The third kappa shape index (κ3) is 1.91. The number of carboxylic acid groups (broad SMARTS) is 1.